The molecule has 1 saturated carbocycles. The van der Waals surface area contributed by atoms with Crippen LogP contribution in [0.3, 0.4) is 0 Å². The van der Waals surface area contributed by atoms with Gasteiger partial charge in [-0.2, -0.15) is 0 Å². The molecular weight excluding hydrogens is 208 g/mol. The van der Waals surface area contributed by atoms with E-state index in [4.69, 9.17) is 0 Å². The number of nitrogens with one attached hydrogen (secondary N) is 1. The predicted molar refractivity (Wildman–Crippen MR) is 76.5 cm³/mol. The smallest absolute Gasteiger partial charge is 0.0211 e. The van der Waals surface area contributed by atoms with Crippen LogP contribution in [0.4, 0.5) is 0 Å². The summed E-state index contributed by atoms with van der Waals surface area (Å²) in [7, 11) is 0. The Hall–Kier alpha value is -0.0800. The molecule has 2 nitrogen and oxygen atoms in total. The van der Waals surface area contributed by atoms with Gasteiger partial charge < -0.3 is 5.32 Å². The second kappa shape index (κ2) is 8.10. The van der Waals surface area contributed by atoms with Crippen LogP contribution in [0, 0.1) is 0 Å². The van der Waals surface area contributed by atoms with Crippen molar-refractivity contribution >= 4 is 0 Å². The molecule has 0 aromatic carbocycles. The number of nitrogens with zero attached hydrogens (tertiary/aromatic N) is 1. The van der Waals surface area contributed by atoms with Crippen molar-refractivity contribution in [2.75, 3.05) is 26.2 Å². The third kappa shape index (κ3) is 4.97. The lowest BCUT2D eigenvalue weighted by atomic mass is 10.1. The van der Waals surface area contributed by atoms with Gasteiger partial charge in [-0.05, 0) is 45.2 Å². The minimum absolute atomic E-state index is 0.608. The van der Waals surface area contributed by atoms with Crippen LogP contribution in [0.1, 0.15) is 65.7 Å². The number of hydrogen-bond donors (Lipinski definition) is 1. The first-order valence-electron chi connectivity index (χ1n) is 7.75. The van der Waals surface area contributed by atoms with Gasteiger partial charge in [0, 0.05) is 18.6 Å². The Morgan fingerprint density at radius 2 is 1.71 bits per heavy atom. The highest BCUT2D eigenvalue weighted by atomic mass is 15.2. The van der Waals surface area contributed by atoms with E-state index in [1.54, 1.807) is 0 Å². The summed E-state index contributed by atoms with van der Waals surface area (Å²) in [5, 5.41) is 3.58. The van der Waals surface area contributed by atoms with Gasteiger partial charge in [0.25, 0.3) is 0 Å². The highest BCUT2D eigenvalue weighted by Gasteiger charge is 2.45. The van der Waals surface area contributed by atoms with E-state index in [1.165, 1.54) is 71.1 Å². The second-order valence-electron chi connectivity index (χ2n) is 5.56. The molecule has 0 aromatic heterocycles. The molecule has 0 spiro atoms. The lowest BCUT2D eigenvalue weighted by molar-refractivity contribution is 0.166. The van der Waals surface area contributed by atoms with Crippen molar-refractivity contribution in [2.24, 2.45) is 0 Å². The average molecular weight is 240 g/mol. The van der Waals surface area contributed by atoms with E-state index in [2.05, 4.69) is 31.0 Å². The molecule has 1 N–H and O–H groups in total. The maximum atomic E-state index is 3.58. The van der Waals surface area contributed by atoms with Crippen molar-refractivity contribution in [3.63, 3.8) is 0 Å². The zero-order valence-electron chi connectivity index (χ0n) is 12.2. The van der Waals surface area contributed by atoms with Gasteiger partial charge in [0.15, 0.2) is 0 Å². The highest BCUT2D eigenvalue weighted by Crippen LogP contribution is 2.45. The molecule has 0 atom stereocenters. The van der Waals surface area contributed by atoms with Crippen LogP contribution in [0.5, 0.6) is 0 Å². The van der Waals surface area contributed by atoms with E-state index < -0.39 is 0 Å². The first-order chi connectivity index (χ1) is 8.29. The first-order valence-corrected chi connectivity index (χ1v) is 7.75. The van der Waals surface area contributed by atoms with Gasteiger partial charge in [-0.3, -0.25) is 4.90 Å². The van der Waals surface area contributed by atoms with Gasteiger partial charge in [-0.1, -0.05) is 33.6 Å². The van der Waals surface area contributed by atoms with Gasteiger partial charge in [-0.15, -0.1) is 0 Å². The van der Waals surface area contributed by atoms with Crippen molar-refractivity contribution in [1.82, 2.24) is 10.2 Å². The van der Waals surface area contributed by atoms with Gasteiger partial charge >= 0.3 is 0 Å². The zero-order valence-corrected chi connectivity index (χ0v) is 12.2. The lowest BCUT2D eigenvalue weighted by Crippen LogP contribution is -2.42. The third-order valence-corrected chi connectivity index (χ3v) is 3.97. The van der Waals surface area contributed by atoms with E-state index in [9.17, 15) is 0 Å². The first kappa shape index (κ1) is 15.0. The summed E-state index contributed by atoms with van der Waals surface area (Å²) in [4.78, 5) is 2.76. The molecule has 0 aromatic rings. The van der Waals surface area contributed by atoms with E-state index in [0.717, 1.165) is 0 Å². The Labute approximate surface area is 108 Å². The molecule has 17 heavy (non-hydrogen) atoms. The van der Waals surface area contributed by atoms with E-state index >= 15 is 0 Å². The van der Waals surface area contributed by atoms with E-state index in [1.807, 2.05) is 0 Å². The molecule has 0 saturated heterocycles. The molecule has 1 aliphatic carbocycles. The Balaban J connectivity index is 2.23. The molecule has 102 valence electrons. The molecule has 0 radical (unpaired) electrons. The lowest BCUT2D eigenvalue weighted by Gasteiger charge is -2.31. The van der Waals surface area contributed by atoms with Crippen LogP contribution in [0.2, 0.25) is 0 Å². The van der Waals surface area contributed by atoms with Crippen LogP contribution >= 0.6 is 0 Å². The standard InChI is InChI=1S/C15H32N2/c1-4-7-11-16-12-14-17(13-6-3)15(8-5-2)9-10-15/h16H,4-14H2,1-3H3. The fourth-order valence-corrected chi connectivity index (χ4v) is 2.83. The van der Waals surface area contributed by atoms with E-state index in [-0.39, 0.29) is 0 Å². The molecule has 1 aliphatic rings. The zero-order chi connectivity index (χ0) is 12.6. The Kier molecular flexibility index (Phi) is 7.14. The Bertz CT molecular complexity index is 187. The summed E-state index contributed by atoms with van der Waals surface area (Å²) < 4.78 is 0. The summed E-state index contributed by atoms with van der Waals surface area (Å²) in [6.45, 7) is 11.8. The van der Waals surface area contributed by atoms with Gasteiger partial charge in [0.1, 0.15) is 0 Å². The molecule has 2 heteroatoms. The normalized spacial score (nSPS) is 17.6. The van der Waals surface area contributed by atoms with Crippen molar-refractivity contribution in [3.8, 4) is 0 Å². The Morgan fingerprint density at radius 3 is 2.24 bits per heavy atom. The van der Waals surface area contributed by atoms with Crippen molar-refractivity contribution in [1.29, 1.82) is 0 Å². The van der Waals surface area contributed by atoms with E-state index in [0.29, 0.717) is 5.54 Å². The average Bonchev–Trinajstić information content (AvgIpc) is 3.09. The fourth-order valence-electron chi connectivity index (χ4n) is 2.83. The number of hydrogen-bond acceptors (Lipinski definition) is 2. The molecule has 1 rings (SSSR count). The summed E-state index contributed by atoms with van der Waals surface area (Å²) in [5.41, 5.74) is 0.608. The van der Waals surface area contributed by atoms with Gasteiger partial charge in [0.05, 0.1) is 0 Å². The summed E-state index contributed by atoms with van der Waals surface area (Å²) in [6, 6.07) is 0. The maximum Gasteiger partial charge on any atom is 0.0211 e. The maximum absolute atomic E-state index is 3.58. The molecule has 0 bridgehead atoms. The molecule has 0 heterocycles. The molecule has 0 amide bonds. The van der Waals surface area contributed by atoms with Gasteiger partial charge in [0.2, 0.25) is 0 Å². The minimum Gasteiger partial charge on any atom is -0.315 e. The quantitative estimate of drug-likeness (QED) is 0.557. The predicted octanol–water partition coefficient (Wildman–Crippen LogP) is 3.42. The van der Waals surface area contributed by atoms with Crippen molar-refractivity contribution < 1.29 is 0 Å². The minimum atomic E-state index is 0.608. The largest absolute Gasteiger partial charge is 0.315 e. The summed E-state index contributed by atoms with van der Waals surface area (Å²) >= 11 is 0. The monoisotopic (exact) mass is 240 g/mol. The van der Waals surface area contributed by atoms with Crippen molar-refractivity contribution in [2.45, 2.75) is 71.3 Å². The fraction of sp³-hybridized carbons (Fsp3) is 1.00. The molecule has 1 fully saturated rings. The number of unbranched alkanes of at least 4 members (excludes halogenated alkanes) is 1. The summed E-state index contributed by atoms with van der Waals surface area (Å²) in [6.07, 6.45) is 9.52. The van der Waals surface area contributed by atoms with Crippen molar-refractivity contribution in [3.05, 3.63) is 0 Å². The second-order valence-corrected chi connectivity index (χ2v) is 5.56. The van der Waals surface area contributed by atoms with Crippen LogP contribution < -0.4 is 5.32 Å². The number of rotatable bonds is 11. The van der Waals surface area contributed by atoms with Crippen LogP contribution in [-0.4, -0.2) is 36.6 Å². The SMILES string of the molecule is CCCCNCCN(CCC)C1(CCC)CC1. The van der Waals surface area contributed by atoms with Crippen LogP contribution in [0.15, 0.2) is 0 Å². The highest BCUT2D eigenvalue weighted by molar-refractivity contribution is 5.03. The molecular formula is C15H32N2. The molecule has 0 aliphatic heterocycles. The van der Waals surface area contributed by atoms with Crippen LogP contribution in [-0.2, 0) is 0 Å². The Morgan fingerprint density at radius 1 is 0.941 bits per heavy atom. The summed E-state index contributed by atoms with van der Waals surface area (Å²) in [5.74, 6) is 0. The molecule has 0 unspecified atom stereocenters. The van der Waals surface area contributed by atoms with Crippen LogP contribution in [0.25, 0.3) is 0 Å². The topological polar surface area (TPSA) is 15.3 Å². The van der Waals surface area contributed by atoms with Gasteiger partial charge in [-0.25, -0.2) is 0 Å². The third-order valence-electron chi connectivity index (χ3n) is 3.97.